The van der Waals surface area contributed by atoms with E-state index in [1.807, 2.05) is 60.9 Å². The quantitative estimate of drug-likeness (QED) is 0.216. The average Bonchev–Trinajstić information content (AvgIpc) is 2.99. The van der Waals surface area contributed by atoms with Gasteiger partial charge in [-0.2, -0.15) is 0 Å². The molecule has 2 heterocycles. The third-order valence-electron chi connectivity index (χ3n) is 6.13. The summed E-state index contributed by atoms with van der Waals surface area (Å²) in [5.41, 5.74) is 3.84. The summed E-state index contributed by atoms with van der Waals surface area (Å²) in [7, 11) is 0. The zero-order chi connectivity index (χ0) is 24.8. The van der Waals surface area contributed by atoms with E-state index in [0.29, 0.717) is 12.4 Å². The number of oxime groups is 1. The van der Waals surface area contributed by atoms with Gasteiger partial charge in [-0.3, -0.25) is 14.3 Å². The molecule has 0 radical (unpaired) electrons. The first kappa shape index (κ1) is 25.1. The van der Waals surface area contributed by atoms with Crippen molar-refractivity contribution in [3.8, 4) is 5.88 Å². The Morgan fingerprint density at radius 1 is 1.09 bits per heavy atom. The van der Waals surface area contributed by atoms with Gasteiger partial charge in [0.25, 0.3) is 0 Å². The number of fused-ring (bicyclic) bond motifs is 1. The Hall–Kier alpha value is -3.04. The van der Waals surface area contributed by atoms with Crippen molar-refractivity contribution in [2.75, 3.05) is 19.7 Å². The Balaban J connectivity index is 1.48. The number of carbonyl (C=O) groups is 1. The number of halogens is 1. The highest BCUT2D eigenvalue weighted by Gasteiger charge is 2.20. The third kappa shape index (κ3) is 6.35. The van der Waals surface area contributed by atoms with Crippen molar-refractivity contribution >= 4 is 44.1 Å². The number of hydrogen-bond acceptors (Lipinski definition) is 6. The number of azo groups is 1. The summed E-state index contributed by atoms with van der Waals surface area (Å²) in [5.74, 6) is -0.596. The van der Waals surface area contributed by atoms with Crippen LogP contribution in [0.4, 0.5) is 5.69 Å². The summed E-state index contributed by atoms with van der Waals surface area (Å²) < 4.78 is 2.68. The first-order valence-electron chi connectivity index (χ1n) is 11.8. The Morgan fingerprint density at radius 2 is 1.80 bits per heavy atom. The van der Waals surface area contributed by atoms with E-state index in [-0.39, 0.29) is 18.2 Å². The van der Waals surface area contributed by atoms with Crippen LogP contribution in [0.2, 0.25) is 0 Å². The predicted molar refractivity (Wildman–Crippen MR) is 140 cm³/mol. The van der Waals surface area contributed by atoms with Gasteiger partial charge in [0.1, 0.15) is 0 Å². The van der Waals surface area contributed by atoms with Crippen LogP contribution in [-0.4, -0.2) is 45.9 Å². The average molecular weight is 540 g/mol. The van der Waals surface area contributed by atoms with Gasteiger partial charge in [-0.25, -0.2) is 0 Å². The minimum atomic E-state index is -0.590. The molecule has 2 aromatic carbocycles. The van der Waals surface area contributed by atoms with Crippen LogP contribution in [-0.2, 0) is 16.3 Å². The number of amides is 1. The van der Waals surface area contributed by atoms with Crippen molar-refractivity contribution in [2.45, 2.75) is 46.2 Å². The lowest BCUT2D eigenvalue weighted by molar-refractivity contribution is -0.122. The molecule has 1 aliphatic heterocycles. The first-order chi connectivity index (χ1) is 16.9. The number of benzene rings is 2. The van der Waals surface area contributed by atoms with E-state index in [9.17, 15) is 9.90 Å². The van der Waals surface area contributed by atoms with E-state index in [0.717, 1.165) is 52.4 Å². The fraction of sp³-hybridized carbons (Fsp3) is 0.385. The maximum atomic E-state index is 12.3. The van der Waals surface area contributed by atoms with Crippen LogP contribution >= 0.6 is 15.9 Å². The SMILES string of the molecule is C/C(=N\OCC(=O)N=Nc1c(O)n(CN2CCCCCC2)c2ccc(Br)cc12)c1ccc(C)cc1. The molecular weight excluding hydrogens is 510 g/mol. The second kappa shape index (κ2) is 11.6. The summed E-state index contributed by atoms with van der Waals surface area (Å²) in [6, 6.07) is 13.6. The van der Waals surface area contributed by atoms with E-state index in [1.54, 1.807) is 0 Å². The lowest BCUT2D eigenvalue weighted by Gasteiger charge is -2.21. The molecule has 1 N–H and O–H groups in total. The van der Waals surface area contributed by atoms with Crippen molar-refractivity contribution < 1.29 is 14.7 Å². The summed E-state index contributed by atoms with van der Waals surface area (Å²) in [6.07, 6.45) is 4.77. The number of nitrogens with zero attached hydrogens (tertiary/aromatic N) is 5. The number of carbonyl (C=O) groups excluding carboxylic acids is 1. The molecule has 1 fully saturated rings. The molecule has 0 bridgehead atoms. The highest BCUT2D eigenvalue weighted by molar-refractivity contribution is 9.10. The van der Waals surface area contributed by atoms with Gasteiger partial charge in [-0.05, 0) is 63.5 Å². The Labute approximate surface area is 213 Å². The molecule has 3 aromatic rings. The van der Waals surface area contributed by atoms with Gasteiger partial charge >= 0.3 is 5.91 Å². The van der Waals surface area contributed by atoms with Gasteiger partial charge in [0.2, 0.25) is 5.88 Å². The van der Waals surface area contributed by atoms with Crippen molar-refractivity contribution in [3.63, 3.8) is 0 Å². The van der Waals surface area contributed by atoms with Crippen LogP contribution < -0.4 is 0 Å². The number of aryl methyl sites for hydroxylation is 1. The molecule has 1 amide bonds. The monoisotopic (exact) mass is 539 g/mol. The molecule has 0 unspecified atom stereocenters. The number of likely N-dealkylation sites (tertiary alicyclic amines) is 1. The largest absolute Gasteiger partial charge is 0.493 e. The predicted octanol–water partition coefficient (Wildman–Crippen LogP) is 6.30. The molecule has 0 saturated carbocycles. The van der Waals surface area contributed by atoms with Crippen molar-refractivity contribution in [1.82, 2.24) is 9.47 Å². The number of aromatic nitrogens is 1. The van der Waals surface area contributed by atoms with Crippen LogP contribution in [0.1, 0.15) is 43.7 Å². The molecule has 1 aliphatic rings. The Bertz CT molecular complexity index is 1240. The van der Waals surface area contributed by atoms with Gasteiger partial charge in [-0.15, -0.1) is 10.2 Å². The van der Waals surface area contributed by atoms with Gasteiger partial charge in [-0.1, -0.05) is 63.8 Å². The maximum Gasteiger partial charge on any atom is 0.304 e. The lowest BCUT2D eigenvalue weighted by atomic mass is 10.1. The smallest absolute Gasteiger partial charge is 0.304 e. The lowest BCUT2D eigenvalue weighted by Crippen LogP contribution is -2.27. The Morgan fingerprint density at radius 3 is 2.51 bits per heavy atom. The number of hydrogen-bond donors (Lipinski definition) is 1. The summed E-state index contributed by atoms with van der Waals surface area (Å²) >= 11 is 3.48. The molecule has 1 aromatic heterocycles. The molecule has 1 saturated heterocycles. The van der Waals surface area contributed by atoms with Gasteiger partial charge < -0.3 is 9.94 Å². The first-order valence-corrected chi connectivity index (χ1v) is 12.6. The van der Waals surface area contributed by atoms with Crippen LogP contribution in [0.3, 0.4) is 0 Å². The van der Waals surface area contributed by atoms with Crippen LogP contribution in [0.5, 0.6) is 5.88 Å². The van der Waals surface area contributed by atoms with E-state index in [1.165, 1.54) is 12.8 Å². The molecule has 0 aliphatic carbocycles. The van der Waals surface area contributed by atoms with Gasteiger partial charge in [0, 0.05) is 9.86 Å². The minimum Gasteiger partial charge on any atom is -0.493 e. The molecule has 0 spiro atoms. The molecule has 35 heavy (non-hydrogen) atoms. The zero-order valence-corrected chi connectivity index (χ0v) is 21.7. The van der Waals surface area contributed by atoms with E-state index in [2.05, 4.69) is 36.2 Å². The van der Waals surface area contributed by atoms with Crippen LogP contribution in [0.15, 0.2) is 62.3 Å². The number of rotatable bonds is 7. The fourth-order valence-corrected chi connectivity index (χ4v) is 4.54. The standard InChI is InChI=1S/C26H30BrN5O3/c1-18-7-9-20(10-8-18)19(2)30-35-16-24(33)28-29-25-22-15-21(27)11-12-23(22)32(26(25)34)17-31-13-5-3-4-6-14-31/h7-12,15,34H,3-6,13-14,16-17H2,1-2H3/b29-28?,30-19+. The van der Waals surface area contributed by atoms with Crippen LogP contribution in [0.25, 0.3) is 10.9 Å². The van der Waals surface area contributed by atoms with Crippen molar-refractivity contribution in [2.24, 2.45) is 15.4 Å². The second-order valence-electron chi connectivity index (χ2n) is 8.85. The summed E-state index contributed by atoms with van der Waals surface area (Å²) in [6.45, 7) is 6.02. The van der Waals surface area contributed by atoms with E-state index >= 15 is 0 Å². The zero-order valence-electron chi connectivity index (χ0n) is 20.1. The second-order valence-corrected chi connectivity index (χ2v) is 9.76. The minimum absolute atomic E-state index is 0.00643. The Kier molecular flexibility index (Phi) is 8.30. The maximum absolute atomic E-state index is 12.3. The van der Waals surface area contributed by atoms with Gasteiger partial charge in [0.15, 0.2) is 12.3 Å². The molecule has 8 nitrogen and oxygen atoms in total. The normalized spacial score (nSPS) is 15.6. The highest BCUT2D eigenvalue weighted by Crippen LogP contribution is 2.40. The molecule has 4 rings (SSSR count). The van der Waals surface area contributed by atoms with Gasteiger partial charge in [0.05, 0.1) is 17.9 Å². The molecular formula is C26H30BrN5O3. The van der Waals surface area contributed by atoms with Crippen LogP contribution in [0, 0.1) is 6.92 Å². The van der Waals surface area contributed by atoms with Crippen molar-refractivity contribution in [3.05, 3.63) is 58.1 Å². The molecule has 184 valence electrons. The van der Waals surface area contributed by atoms with E-state index in [4.69, 9.17) is 4.84 Å². The number of aromatic hydroxyl groups is 1. The van der Waals surface area contributed by atoms with E-state index < -0.39 is 5.91 Å². The topological polar surface area (TPSA) is 91.8 Å². The molecule has 0 atom stereocenters. The summed E-state index contributed by atoms with van der Waals surface area (Å²) in [4.78, 5) is 19.8. The van der Waals surface area contributed by atoms with Crippen molar-refractivity contribution in [1.29, 1.82) is 0 Å². The fourth-order valence-electron chi connectivity index (χ4n) is 4.18. The summed E-state index contributed by atoms with van der Waals surface area (Å²) in [5, 5.41) is 23.6. The molecule has 9 heteroatoms. The highest BCUT2D eigenvalue weighted by atomic mass is 79.9. The third-order valence-corrected chi connectivity index (χ3v) is 6.63.